The minimum Gasteiger partial charge on any atom is -0.374 e. The van der Waals surface area contributed by atoms with Crippen molar-refractivity contribution < 1.29 is 9.13 Å². The zero-order valence-electron chi connectivity index (χ0n) is 11.8. The number of hydrogen-bond acceptors (Lipinski definition) is 3. The van der Waals surface area contributed by atoms with Crippen LogP contribution in [0.1, 0.15) is 38.2 Å². The number of nitrogens with two attached hydrogens (primary N) is 1. The molecule has 2 rings (SSSR count). The topological polar surface area (TPSA) is 47.3 Å². The normalized spacial score (nSPS) is 19.2. The van der Waals surface area contributed by atoms with Crippen LogP contribution < -0.4 is 11.3 Å². The van der Waals surface area contributed by atoms with E-state index in [2.05, 4.69) is 21.4 Å². The van der Waals surface area contributed by atoms with E-state index in [0.29, 0.717) is 11.1 Å². The van der Waals surface area contributed by atoms with Gasteiger partial charge in [-0.15, -0.1) is 0 Å². The van der Waals surface area contributed by atoms with Crippen LogP contribution in [0.25, 0.3) is 0 Å². The summed E-state index contributed by atoms with van der Waals surface area (Å²) in [6.45, 7) is 2.70. The van der Waals surface area contributed by atoms with E-state index in [9.17, 15) is 4.39 Å². The third-order valence-electron chi connectivity index (χ3n) is 4.14. The van der Waals surface area contributed by atoms with Crippen LogP contribution >= 0.6 is 15.9 Å². The van der Waals surface area contributed by atoms with Crippen LogP contribution in [0.5, 0.6) is 0 Å². The first-order valence-electron chi connectivity index (χ1n) is 7.15. The smallest absolute Gasteiger partial charge is 0.137 e. The quantitative estimate of drug-likeness (QED) is 0.614. The van der Waals surface area contributed by atoms with Crippen molar-refractivity contribution in [2.45, 2.75) is 50.7 Å². The van der Waals surface area contributed by atoms with Crippen LogP contribution in [-0.2, 0) is 11.2 Å². The lowest BCUT2D eigenvalue weighted by Crippen LogP contribution is -2.54. The van der Waals surface area contributed by atoms with E-state index in [4.69, 9.17) is 10.6 Å². The van der Waals surface area contributed by atoms with Crippen LogP contribution in [-0.4, -0.2) is 18.2 Å². The van der Waals surface area contributed by atoms with Gasteiger partial charge >= 0.3 is 0 Å². The minimum absolute atomic E-state index is 0.0438. The Hall–Kier alpha value is -0.490. The molecule has 0 amide bonds. The van der Waals surface area contributed by atoms with E-state index in [0.717, 1.165) is 24.8 Å². The summed E-state index contributed by atoms with van der Waals surface area (Å²) in [5, 5.41) is 0. The van der Waals surface area contributed by atoms with Crippen molar-refractivity contribution in [3.63, 3.8) is 0 Å². The molecule has 0 saturated heterocycles. The molecular formula is C15H22BrFN2O. The molecule has 20 heavy (non-hydrogen) atoms. The number of halogens is 2. The largest absolute Gasteiger partial charge is 0.374 e. The zero-order valence-corrected chi connectivity index (χ0v) is 13.4. The second-order valence-electron chi connectivity index (χ2n) is 5.38. The Kier molecular flexibility index (Phi) is 5.55. The van der Waals surface area contributed by atoms with E-state index in [-0.39, 0.29) is 17.5 Å². The second kappa shape index (κ2) is 6.98. The van der Waals surface area contributed by atoms with Gasteiger partial charge in [-0.1, -0.05) is 18.9 Å². The fourth-order valence-electron chi connectivity index (χ4n) is 3.15. The lowest BCUT2D eigenvalue weighted by Gasteiger charge is -2.37. The van der Waals surface area contributed by atoms with E-state index in [1.807, 2.05) is 13.0 Å². The number of hydrazine groups is 1. The van der Waals surface area contributed by atoms with Crippen LogP contribution in [0.3, 0.4) is 0 Å². The van der Waals surface area contributed by atoms with Crippen LogP contribution in [0.4, 0.5) is 4.39 Å². The zero-order chi connectivity index (χ0) is 14.6. The highest BCUT2D eigenvalue weighted by molar-refractivity contribution is 9.10. The van der Waals surface area contributed by atoms with Gasteiger partial charge in [0, 0.05) is 6.61 Å². The lowest BCUT2D eigenvalue weighted by molar-refractivity contribution is -0.0613. The Bertz CT molecular complexity index is 449. The maximum absolute atomic E-state index is 13.3. The van der Waals surface area contributed by atoms with E-state index < -0.39 is 0 Å². The van der Waals surface area contributed by atoms with Crippen molar-refractivity contribution in [2.75, 3.05) is 6.61 Å². The van der Waals surface area contributed by atoms with E-state index in [1.165, 1.54) is 18.9 Å². The summed E-state index contributed by atoms with van der Waals surface area (Å²) < 4.78 is 19.8. The van der Waals surface area contributed by atoms with Gasteiger partial charge in [0.2, 0.25) is 0 Å². The molecule has 0 aromatic heterocycles. The van der Waals surface area contributed by atoms with E-state index in [1.54, 1.807) is 6.07 Å². The molecule has 0 aliphatic heterocycles. The molecule has 5 heteroatoms. The molecule has 1 aromatic carbocycles. The number of rotatable bonds is 6. The first-order chi connectivity index (χ1) is 9.61. The Morgan fingerprint density at radius 2 is 2.15 bits per heavy atom. The third-order valence-corrected chi connectivity index (χ3v) is 4.75. The highest BCUT2D eigenvalue weighted by Crippen LogP contribution is 2.37. The molecule has 3 N–H and O–H groups in total. The van der Waals surface area contributed by atoms with Gasteiger partial charge in [0.05, 0.1) is 16.1 Å². The highest BCUT2D eigenvalue weighted by Gasteiger charge is 2.41. The highest BCUT2D eigenvalue weighted by atomic mass is 79.9. The molecule has 0 bridgehead atoms. The molecule has 0 spiro atoms. The summed E-state index contributed by atoms with van der Waals surface area (Å²) >= 11 is 3.23. The summed E-state index contributed by atoms with van der Waals surface area (Å²) in [5.41, 5.74) is 3.78. The lowest BCUT2D eigenvalue weighted by atomic mass is 9.87. The van der Waals surface area contributed by atoms with Crippen molar-refractivity contribution in [1.29, 1.82) is 0 Å². The molecule has 1 fully saturated rings. The molecule has 0 heterocycles. The second-order valence-corrected chi connectivity index (χ2v) is 6.23. The van der Waals surface area contributed by atoms with Crippen molar-refractivity contribution in [3.8, 4) is 0 Å². The summed E-state index contributed by atoms with van der Waals surface area (Å²) in [6, 6.07) is 5.14. The molecule has 112 valence electrons. The van der Waals surface area contributed by atoms with Crippen molar-refractivity contribution in [3.05, 3.63) is 34.1 Å². The molecule has 0 radical (unpaired) electrons. The predicted octanol–water partition coefficient (Wildman–Crippen LogP) is 3.31. The number of benzene rings is 1. The maximum atomic E-state index is 13.3. The maximum Gasteiger partial charge on any atom is 0.137 e. The molecule has 1 aromatic rings. The van der Waals surface area contributed by atoms with Gasteiger partial charge in [0.1, 0.15) is 5.82 Å². The Labute approximate surface area is 128 Å². The molecule has 1 aliphatic carbocycles. The first kappa shape index (κ1) is 15.9. The number of nitrogens with one attached hydrogen (secondary N) is 1. The Morgan fingerprint density at radius 1 is 1.45 bits per heavy atom. The van der Waals surface area contributed by atoms with Gasteiger partial charge < -0.3 is 4.74 Å². The predicted molar refractivity (Wildman–Crippen MR) is 81.7 cm³/mol. The van der Waals surface area contributed by atoms with Crippen molar-refractivity contribution in [2.24, 2.45) is 5.84 Å². The molecule has 1 unspecified atom stereocenters. The molecule has 1 saturated carbocycles. The summed E-state index contributed by atoms with van der Waals surface area (Å²) in [7, 11) is 0. The van der Waals surface area contributed by atoms with Gasteiger partial charge in [0.25, 0.3) is 0 Å². The van der Waals surface area contributed by atoms with Crippen LogP contribution in [0.15, 0.2) is 22.7 Å². The average molecular weight is 345 g/mol. The molecule has 1 atom stereocenters. The SMILES string of the molecule is CCOC1(C(Cc2ccc(F)c(Br)c2)NN)CCCC1. The summed E-state index contributed by atoms with van der Waals surface area (Å²) in [4.78, 5) is 0. The Morgan fingerprint density at radius 3 is 2.70 bits per heavy atom. The van der Waals surface area contributed by atoms with E-state index >= 15 is 0 Å². The monoisotopic (exact) mass is 344 g/mol. The summed E-state index contributed by atoms with van der Waals surface area (Å²) in [5.74, 6) is 5.52. The van der Waals surface area contributed by atoms with Gasteiger partial charge in [0.15, 0.2) is 0 Å². The van der Waals surface area contributed by atoms with Crippen LogP contribution in [0.2, 0.25) is 0 Å². The van der Waals surface area contributed by atoms with Gasteiger partial charge in [-0.25, -0.2) is 4.39 Å². The van der Waals surface area contributed by atoms with Crippen LogP contribution in [0, 0.1) is 5.82 Å². The summed E-state index contributed by atoms with van der Waals surface area (Å²) in [6.07, 6.45) is 5.13. The average Bonchev–Trinajstić information content (AvgIpc) is 2.90. The molecule has 3 nitrogen and oxygen atoms in total. The standard InChI is InChI=1S/C15H22BrFN2O/c1-2-20-15(7-3-4-8-15)14(19-18)10-11-5-6-13(17)12(16)9-11/h5-6,9,14,19H,2-4,7-8,10,18H2,1H3. The van der Waals surface area contributed by atoms with Crippen molar-refractivity contribution in [1.82, 2.24) is 5.43 Å². The van der Waals surface area contributed by atoms with Gasteiger partial charge in [-0.3, -0.25) is 11.3 Å². The molecular weight excluding hydrogens is 323 g/mol. The number of ether oxygens (including phenoxy) is 1. The van der Waals surface area contributed by atoms with Gasteiger partial charge in [-0.05, 0) is 59.8 Å². The Balaban J connectivity index is 2.16. The number of hydrogen-bond donors (Lipinski definition) is 2. The molecule has 1 aliphatic rings. The fourth-order valence-corrected chi connectivity index (χ4v) is 3.58. The fraction of sp³-hybridized carbons (Fsp3) is 0.600. The van der Waals surface area contributed by atoms with Crippen molar-refractivity contribution >= 4 is 15.9 Å². The first-order valence-corrected chi connectivity index (χ1v) is 7.94. The van der Waals surface area contributed by atoms with Gasteiger partial charge in [-0.2, -0.15) is 0 Å². The third kappa shape index (κ3) is 3.39. The minimum atomic E-state index is -0.244.